The molecule has 1 saturated heterocycles. The van der Waals surface area contributed by atoms with Gasteiger partial charge >= 0.3 is 0 Å². The Morgan fingerprint density at radius 3 is 2.78 bits per heavy atom. The Bertz CT molecular complexity index is 1290. The lowest BCUT2D eigenvalue weighted by Crippen LogP contribution is -2.44. The monoisotopic (exact) mass is 483 g/mol. The third-order valence-electron chi connectivity index (χ3n) is 7.64. The third-order valence-corrected chi connectivity index (χ3v) is 7.64. The largest absolute Gasteiger partial charge is 0.489 e. The molecule has 188 valence electrons. The highest BCUT2D eigenvalue weighted by molar-refractivity contribution is 6.02. The molecule has 0 bridgehead atoms. The van der Waals surface area contributed by atoms with Crippen LogP contribution in [-0.4, -0.2) is 45.7 Å². The van der Waals surface area contributed by atoms with Gasteiger partial charge in [-0.25, -0.2) is 9.97 Å². The zero-order valence-electron chi connectivity index (χ0n) is 21.5. The molecule has 0 unspecified atom stereocenters. The molecular formula is C30H37N5O. The molecule has 1 aromatic carbocycles. The van der Waals surface area contributed by atoms with Crippen LogP contribution in [0.25, 0.3) is 22.2 Å². The molecule has 0 spiro atoms. The van der Waals surface area contributed by atoms with Crippen molar-refractivity contribution in [3.63, 3.8) is 0 Å². The molecule has 2 aromatic heterocycles. The van der Waals surface area contributed by atoms with Gasteiger partial charge in [0.25, 0.3) is 0 Å². The molecule has 1 aliphatic carbocycles. The summed E-state index contributed by atoms with van der Waals surface area (Å²) in [4.78, 5) is 11.7. The fourth-order valence-corrected chi connectivity index (χ4v) is 5.57. The topological polar surface area (TPSA) is 69.2 Å². The van der Waals surface area contributed by atoms with Gasteiger partial charge in [-0.2, -0.15) is 0 Å². The second kappa shape index (κ2) is 10.7. The first-order valence-corrected chi connectivity index (χ1v) is 13.2. The number of aromatic nitrogens is 3. The van der Waals surface area contributed by atoms with Gasteiger partial charge in [0.15, 0.2) is 0 Å². The van der Waals surface area contributed by atoms with Crippen LogP contribution in [0.2, 0.25) is 0 Å². The molecule has 1 aliphatic heterocycles. The van der Waals surface area contributed by atoms with Crippen LogP contribution in [0.4, 0.5) is 5.82 Å². The first kappa shape index (κ1) is 24.3. The number of nitrogens with zero attached hydrogens (tertiary/aromatic N) is 4. The number of likely N-dealkylation sites (tertiary alicyclic amines) is 1. The molecule has 0 atom stereocenters. The second-order valence-electron chi connectivity index (χ2n) is 9.92. The number of nitrogens with two attached hydrogens (primary N) is 1. The van der Waals surface area contributed by atoms with E-state index in [-0.39, 0.29) is 0 Å². The number of ether oxygens (including phenoxy) is 1. The average Bonchev–Trinajstić information content (AvgIpc) is 3.17. The van der Waals surface area contributed by atoms with Crippen LogP contribution in [0.1, 0.15) is 44.8 Å². The maximum absolute atomic E-state index is 6.49. The molecule has 6 heteroatoms. The highest BCUT2D eigenvalue weighted by Crippen LogP contribution is 2.46. The van der Waals surface area contributed by atoms with Crippen LogP contribution >= 0.6 is 0 Å². The lowest BCUT2D eigenvalue weighted by atomic mass is 9.79. The van der Waals surface area contributed by atoms with E-state index >= 15 is 0 Å². The van der Waals surface area contributed by atoms with Crippen molar-refractivity contribution in [1.82, 2.24) is 19.4 Å². The molecule has 1 saturated carbocycles. The normalized spacial score (nSPS) is 20.4. The van der Waals surface area contributed by atoms with Gasteiger partial charge in [-0.3, -0.25) is 0 Å². The minimum absolute atomic E-state index is 0.463. The number of nitrogen functional groups attached to an aromatic ring is 1. The van der Waals surface area contributed by atoms with Crippen molar-refractivity contribution in [2.24, 2.45) is 5.92 Å². The van der Waals surface area contributed by atoms with Crippen LogP contribution in [0, 0.1) is 5.92 Å². The van der Waals surface area contributed by atoms with Gasteiger partial charge in [0.2, 0.25) is 0 Å². The Morgan fingerprint density at radius 2 is 2.08 bits per heavy atom. The summed E-state index contributed by atoms with van der Waals surface area (Å²) in [5, 5.41) is 0.959. The number of fused-ring (bicyclic) bond motifs is 1. The van der Waals surface area contributed by atoms with Crippen molar-refractivity contribution in [2.75, 3.05) is 32.0 Å². The molecular weight excluding hydrogens is 446 g/mol. The van der Waals surface area contributed by atoms with E-state index in [4.69, 9.17) is 15.5 Å². The summed E-state index contributed by atoms with van der Waals surface area (Å²) in [6.07, 6.45) is 14.0. The molecule has 2 N–H and O–H groups in total. The van der Waals surface area contributed by atoms with Crippen LogP contribution in [0.5, 0.6) is 5.75 Å². The van der Waals surface area contributed by atoms with Crippen molar-refractivity contribution in [2.45, 2.75) is 45.6 Å². The summed E-state index contributed by atoms with van der Waals surface area (Å²) < 4.78 is 8.62. The van der Waals surface area contributed by atoms with Gasteiger partial charge in [0.05, 0.1) is 5.39 Å². The number of hydrogen-bond donors (Lipinski definition) is 1. The summed E-state index contributed by atoms with van der Waals surface area (Å²) in [6.45, 7) is 12.2. The number of benzene rings is 1. The minimum atomic E-state index is 0.463. The molecule has 2 aliphatic rings. The number of rotatable bonds is 10. The first-order valence-electron chi connectivity index (χ1n) is 13.2. The lowest BCUT2D eigenvalue weighted by molar-refractivity contribution is 0.0913. The van der Waals surface area contributed by atoms with Crippen molar-refractivity contribution < 1.29 is 4.74 Å². The van der Waals surface area contributed by atoms with E-state index in [0.717, 1.165) is 45.8 Å². The summed E-state index contributed by atoms with van der Waals surface area (Å²) >= 11 is 0. The fraction of sp³-hybridized carbons (Fsp3) is 0.400. The van der Waals surface area contributed by atoms with Crippen LogP contribution in [0.15, 0.2) is 67.0 Å². The summed E-state index contributed by atoms with van der Waals surface area (Å²) in [5.41, 5.74) is 12.1. The van der Waals surface area contributed by atoms with Crippen LogP contribution in [0.3, 0.4) is 0 Å². The molecule has 6 nitrogen and oxygen atoms in total. The van der Waals surface area contributed by atoms with Crippen LogP contribution in [-0.2, 0) is 6.42 Å². The SMILES string of the molecule is C=CC=CC(=CC)COc1cccc(-c2c(CC)n(C3CC(CN4CCC4)C3)c3ncnc(N)c23)c1. The van der Waals surface area contributed by atoms with E-state index in [0.29, 0.717) is 18.5 Å². The lowest BCUT2D eigenvalue weighted by Gasteiger charge is -2.42. The van der Waals surface area contributed by atoms with Gasteiger partial charge in [-0.15, -0.1) is 0 Å². The zero-order chi connectivity index (χ0) is 25.1. The predicted molar refractivity (Wildman–Crippen MR) is 148 cm³/mol. The van der Waals surface area contributed by atoms with E-state index in [9.17, 15) is 0 Å². The van der Waals surface area contributed by atoms with E-state index in [1.54, 1.807) is 12.4 Å². The molecule has 36 heavy (non-hydrogen) atoms. The van der Waals surface area contributed by atoms with Crippen molar-refractivity contribution in [3.8, 4) is 16.9 Å². The maximum Gasteiger partial charge on any atom is 0.146 e. The van der Waals surface area contributed by atoms with Gasteiger partial charge < -0.3 is 19.9 Å². The standard InChI is InChI=1S/C30H37N5O/c1-4-7-10-21(5-2)19-36-25-12-8-11-23(17-25)27-26(6-3)35(30-28(27)29(31)32-20-33-30)24-15-22(16-24)18-34-13-9-14-34/h4-5,7-8,10-12,17,20,22,24H,1,6,9,13-16,18-19H2,2-3H3,(H2,31,32,33). The smallest absolute Gasteiger partial charge is 0.146 e. The number of hydrogen-bond acceptors (Lipinski definition) is 5. The quantitative estimate of drug-likeness (QED) is 0.360. The molecule has 3 heterocycles. The number of anilines is 1. The highest BCUT2D eigenvalue weighted by atomic mass is 16.5. The zero-order valence-corrected chi connectivity index (χ0v) is 21.5. The first-order chi connectivity index (χ1) is 17.6. The molecule has 3 aromatic rings. The van der Waals surface area contributed by atoms with Gasteiger partial charge in [0, 0.05) is 23.8 Å². The van der Waals surface area contributed by atoms with Crippen molar-refractivity contribution >= 4 is 16.9 Å². The van der Waals surface area contributed by atoms with E-state index in [1.165, 1.54) is 44.6 Å². The van der Waals surface area contributed by atoms with E-state index in [1.807, 2.05) is 25.1 Å². The minimum Gasteiger partial charge on any atom is -0.489 e. The summed E-state index contributed by atoms with van der Waals surface area (Å²) in [6, 6.07) is 8.77. The van der Waals surface area contributed by atoms with Gasteiger partial charge in [-0.05, 0) is 74.9 Å². The highest BCUT2D eigenvalue weighted by Gasteiger charge is 2.36. The summed E-state index contributed by atoms with van der Waals surface area (Å²) in [7, 11) is 0. The van der Waals surface area contributed by atoms with Crippen molar-refractivity contribution in [3.05, 3.63) is 72.7 Å². The Morgan fingerprint density at radius 1 is 1.25 bits per heavy atom. The maximum atomic E-state index is 6.49. The molecule has 0 radical (unpaired) electrons. The third kappa shape index (κ3) is 4.70. The Kier molecular flexibility index (Phi) is 7.23. The van der Waals surface area contributed by atoms with Gasteiger partial charge in [-0.1, -0.05) is 49.9 Å². The summed E-state index contributed by atoms with van der Waals surface area (Å²) in [5.74, 6) is 2.14. The molecule has 5 rings (SSSR count). The fourth-order valence-electron chi connectivity index (χ4n) is 5.57. The van der Waals surface area contributed by atoms with Crippen molar-refractivity contribution in [1.29, 1.82) is 0 Å². The Hall–Kier alpha value is -3.38. The molecule has 2 fully saturated rings. The van der Waals surface area contributed by atoms with Gasteiger partial charge in [0.1, 0.15) is 30.1 Å². The van der Waals surface area contributed by atoms with E-state index < -0.39 is 0 Å². The Labute approximate surface area is 214 Å². The second-order valence-corrected chi connectivity index (χ2v) is 9.92. The average molecular weight is 484 g/mol. The van der Waals surface area contributed by atoms with E-state index in [2.05, 4.69) is 52.2 Å². The molecule has 0 amide bonds. The Balaban J connectivity index is 1.47. The predicted octanol–water partition coefficient (Wildman–Crippen LogP) is 5.97. The number of allylic oxidation sites excluding steroid dienone is 3. The van der Waals surface area contributed by atoms with Crippen LogP contribution < -0.4 is 10.5 Å².